The van der Waals surface area contributed by atoms with Crippen LogP contribution in [0.2, 0.25) is 0 Å². The molecule has 4 aromatic carbocycles. The van der Waals surface area contributed by atoms with Crippen LogP contribution in [-0.2, 0) is 0 Å². The van der Waals surface area contributed by atoms with E-state index in [1.54, 1.807) is 0 Å². The molecule has 3 heterocycles. The number of rotatable bonds is 2. The number of fused-ring (bicyclic) bond motifs is 6. The molecular formula is C29H19N3S. The Bertz CT molecular complexity index is 1820. The topological polar surface area (TPSA) is 30.2 Å². The van der Waals surface area contributed by atoms with Crippen LogP contribution >= 0.6 is 11.3 Å². The van der Waals surface area contributed by atoms with Crippen molar-refractivity contribution in [2.24, 2.45) is 0 Å². The summed E-state index contributed by atoms with van der Waals surface area (Å²) in [6, 6.07) is 32.4. The summed E-state index contributed by atoms with van der Waals surface area (Å²) in [5, 5.41) is 14.1. The molecule has 0 atom stereocenters. The monoisotopic (exact) mass is 441 g/mol. The summed E-state index contributed by atoms with van der Waals surface area (Å²) in [6.07, 6.45) is 2.08. The zero-order chi connectivity index (χ0) is 21.9. The van der Waals surface area contributed by atoms with Gasteiger partial charge in [-0.15, -0.1) is 21.5 Å². The summed E-state index contributed by atoms with van der Waals surface area (Å²) in [6.45, 7) is 2.13. The Morgan fingerprint density at radius 2 is 1.39 bits per heavy atom. The van der Waals surface area contributed by atoms with Crippen molar-refractivity contribution in [1.29, 1.82) is 0 Å². The summed E-state index contributed by atoms with van der Waals surface area (Å²) in [5.74, 6) is 0.861. The molecule has 3 aromatic heterocycles. The van der Waals surface area contributed by atoms with Crippen molar-refractivity contribution in [2.45, 2.75) is 6.92 Å². The van der Waals surface area contributed by atoms with Gasteiger partial charge in [-0.2, -0.15) is 0 Å². The smallest absolute Gasteiger partial charge is 0.168 e. The van der Waals surface area contributed by atoms with Crippen molar-refractivity contribution in [2.75, 3.05) is 0 Å². The number of hydrogen-bond acceptors (Lipinski definition) is 3. The van der Waals surface area contributed by atoms with E-state index in [0.29, 0.717) is 0 Å². The Morgan fingerprint density at radius 1 is 0.636 bits per heavy atom. The van der Waals surface area contributed by atoms with Crippen LogP contribution in [0.25, 0.3) is 59.1 Å². The number of hydrogen-bond donors (Lipinski definition) is 0. The Hall–Kier alpha value is -4.02. The average Bonchev–Trinajstić information content (AvgIpc) is 3.46. The van der Waals surface area contributed by atoms with E-state index in [-0.39, 0.29) is 0 Å². The SMILES string of the molecule is Cc1cccc2c1ccn1c(-c3ccc(-c4cccc5c4sc4ccccc45)cc3)nnc21. The second kappa shape index (κ2) is 6.99. The number of thiophene rings is 1. The molecule has 0 saturated carbocycles. The van der Waals surface area contributed by atoms with Gasteiger partial charge in [-0.25, -0.2) is 0 Å². The molecule has 7 aromatic rings. The average molecular weight is 442 g/mol. The summed E-state index contributed by atoms with van der Waals surface area (Å²) in [7, 11) is 0. The second-order valence-electron chi connectivity index (χ2n) is 8.43. The highest BCUT2D eigenvalue weighted by Crippen LogP contribution is 2.40. The van der Waals surface area contributed by atoms with E-state index in [0.717, 1.165) is 22.4 Å². The summed E-state index contributed by atoms with van der Waals surface area (Å²) >= 11 is 1.86. The molecule has 0 N–H and O–H groups in total. The van der Waals surface area contributed by atoms with E-state index in [1.165, 1.54) is 42.2 Å². The summed E-state index contributed by atoms with van der Waals surface area (Å²) in [4.78, 5) is 0. The quantitative estimate of drug-likeness (QED) is 0.273. The van der Waals surface area contributed by atoms with Gasteiger partial charge < -0.3 is 0 Å². The Morgan fingerprint density at radius 3 is 2.30 bits per heavy atom. The fourth-order valence-electron chi connectivity index (χ4n) is 4.83. The molecule has 0 unspecified atom stereocenters. The van der Waals surface area contributed by atoms with Gasteiger partial charge in [0.15, 0.2) is 11.5 Å². The Balaban J connectivity index is 1.35. The third-order valence-electron chi connectivity index (χ3n) is 6.51. The highest BCUT2D eigenvalue weighted by molar-refractivity contribution is 7.26. The van der Waals surface area contributed by atoms with Crippen LogP contribution in [0.15, 0.2) is 97.2 Å². The predicted molar refractivity (Wildman–Crippen MR) is 139 cm³/mol. The van der Waals surface area contributed by atoms with Gasteiger partial charge in [0, 0.05) is 37.3 Å². The van der Waals surface area contributed by atoms with E-state index in [4.69, 9.17) is 0 Å². The molecule has 4 heteroatoms. The van der Waals surface area contributed by atoms with E-state index in [9.17, 15) is 0 Å². The lowest BCUT2D eigenvalue weighted by Crippen LogP contribution is -1.91. The van der Waals surface area contributed by atoms with Crippen molar-refractivity contribution in [3.05, 3.63) is 103 Å². The van der Waals surface area contributed by atoms with Crippen LogP contribution in [0, 0.1) is 6.92 Å². The van der Waals surface area contributed by atoms with Crippen molar-refractivity contribution >= 4 is 47.9 Å². The summed E-state index contributed by atoms with van der Waals surface area (Å²) < 4.78 is 4.75. The molecule has 0 radical (unpaired) electrons. The zero-order valence-electron chi connectivity index (χ0n) is 18.0. The molecule has 0 aliphatic heterocycles. The van der Waals surface area contributed by atoms with Gasteiger partial charge in [-0.3, -0.25) is 4.40 Å². The van der Waals surface area contributed by atoms with Crippen molar-refractivity contribution < 1.29 is 0 Å². The maximum absolute atomic E-state index is 4.54. The van der Waals surface area contributed by atoms with Crippen LogP contribution in [-0.4, -0.2) is 14.6 Å². The molecule has 7 rings (SSSR count). The molecule has 3 nitrogen and oxygen atoms in total. The minimum atomic E-state index is 0.861. The Labute approximate surface area is 194 Å². The van der Waals surface area contributed by atoms with E-state index in [2.05, 4.69) is 119 Å². The van der Waals surface area contributed by atoms with Crippen molar-refractivity contribution in [3.8, 4) is 22.5 Å². The molecule has 0 bridgehead atoms. The van der Waals surface area contributed by atoms with Crippen molar-refractivity contribution in [3.63, 3.8) is 0 Å². The first kappa shape index (κ1) is 18.5. The van der Waals surface area contributed by atoms with Gasteiger partial charge in [0.1, 0.15) is 0 Å². The lowest BCUT2D eigenvalue weighted by Gasteiger charge is -2.07. The molecule has 0 aliphatic rings. The Kier molecular flexibility index (Phi) is 3.93. The lowest BCUT2D eigenvalue weighted by molar-refractivity contribution is 1.11. The van der Waals surface area contributed by atoms with Crippen LogP contribution in [0.1, 0.15) is 5.56 Å². The minimum Gasteiger partial charge on any atom is -0.282 e. The van der Waals surface area contributed by atoms with Gasteiger partial charge in [-0.1, -0.05) is 78.9 Å². The first-order chi connectivity index (χ1) is 16.3. The minimum absolute atomic E-state index is 0.861. The number of aromatic nitrogens is 3. The number of nitrogens with zero attached hydrogens (tertiary/aromatic N) is 3. The number of pyridine rings is 1. The molecule has 33 heavy (non-hydrogen) atoms. The van der Waals surface area contributed by atoms with Crippen LogP contribution < -0.4 is 0 Å². The van der Waals surface area contributed by atoms with E-state index >= 15 is 0 Å². The molecule has 0 saturated heterocycles. The molecule has 0 aliphatic carbocycles. The third-order valence-corrected chi connectivity index (χ3v) is 7.73. The maximum Gasteiger partial charge on any atom is 0.168 e. The van der Waals surface area contributed by atoms with E-state index in [1.807, 2.05) is 11.3 Å². The summed E-state index contributed by atoms with van der Waals surface area (Å²) in [5.41, 5.74) is 5.69. The number of aryl methyl sites for hydroxylation is 1. The second-order valence-corrected chi connectivity index (χ2v) is 9.48. The van der Waals surface area contributed by atoms with Gasteiger partial charge in [-0.05, 0) is 41.1 Å². The predicted octanol–water partition coefficient (Wildman–Crippen LogP) is 7.89. The van der Waals surface area contributed by atoms with Crippen molar-refractivity contribution in [1.82, 2.24) is 14.6 Å². The molecule has 0 amide bonds. The normalized spacial score (nSPS) is 11.8. The lowest BCUT2D eigenvalue weighted by atomic mass is 10.0. The highest BCUT2D eigenvalue weighted by Gasteiger charge is 2.13. The fraction of sp³-hybridized carbons (Fsp3) is 0.0345. The molecular weight excluding hydrogens is 422 g/mol. The van der Waals surface area contributed by atoms with Crippen LogP contribution in [0.4, 0.5) is 0 Å². The third kappa shape index (κ3) is 2.74. The van der Waals surface area contributed by atoms with Gasteiger partial charge >= 0.3 is 0 Å². The van der Waals surface area contributed by atoms with Gasteiger partial charge in [0.05, 0.1) is 0 Å². The zero-order valence-corrected chi connectivity index (χ0v) is 18.8. The largest absolute Gasteiger partial charge is 0.282 e. The first-order valence-electron chi connectivity index (χ1n) is 11.0. The molecule has 0 fully saturated rings. The first-order valence-corrected chi connectivity index (χ1v) is 11.8. The highest BCUT2D eigenvalue weighted by atomic mass is 32.1. The standard InChI is InChI=1S/C29H19N3S/c1-18-6-4-10-25-21(18)16-17-32-28(30-31-29(25)32)20-14-12-19(13-15-20)22-8-5-9-24-23-7-2-3-11-26(23)33-27(22)24/h2-17H,1H3. The molecule has 0 spiro atoms. The number of benzene rings is 4. The van der Waals surface area contributed by atoms with Crippen LogP contribution in [0.3, 0.4) is 0 Å². The van der Waals surface area contributed by atoms with Gasteiger partial charge in [0.2, 0.25) is 0 Å². The van der Waals surface area contributed by atoms with Gasteiger partial charge in [0.25, 0.3) is 0 Å². The van der Waals surface area contributed by atoms with Crippen LogP contribution in [0.5, 0.6) is 0 Å². The molecule has 156 valence electrons. The maximum atomic E-state index is 4.54. The fourth-order valence-corrected chi connectivity index (χ4v) is 6.07. The van der Waals surface area contributed by atoms with E-state index < -0.39 is 0 Å².